The first kappa shape index (κ1) is 17.0. The SMILES string of the molecule is O=C(O)CN(CC1CC1)C1CC(NC(=O)c2cc3cc(F)ccc3[nH]2)C1. The van der Waals surface area contributed by atoms with Crippen LogP contribution in [0.15, 0.2) is 24.3 Å². The lowest BCUT2D eigenvalue weighted by Gasteiger charge is -2.42. The fourth-order valence-electron chi connectivity index (χ4n) is 3.64. The van der Waals surface area contributed by atoms with Gasteiger partial charge in [-0.05, 0) is 55.9 Å². The average Bonchev–Trinajstić information content (AvgIpc) is 3.25. The van der Waals surface area contributed by atoms with Crippen molar-refractivity contribution in [3.05, 3.63) is 35.8 Å². The van der Waals surface area contributed by atoms with Crippen LogP contribution in [0.5, 0.6) is 0 Å². The molecule has 6 nitrogen and oxygen atoms in total. The van der Waals surface area contributed by atoms with E-state index in [4.69, 9.17) is 5.11 Å². The van der Waals surface area contributed by atoms with Gasteiger partial charge in [-0.2, -0.15) is 0 Å². The monoisotopic (exact) mass is 359 g/mol. The van der Waals surface area contributed by atoms with Gasteiger partial charge < -0.3 is 15.4 Å². The van der Waals surface area contributed by atoms with Crippen LogP contribution in [-0.4, -0.2) is 52.0 Å². The third kappa shape index (κ3) is 3.72. The van der Waals surface area contributed by atoms with Crippen molar-refractivity contribution in [2.75, 3.05) is 13.1 Å². The van der Waals surface area contributed by atoms with Crippen LogP contribution in [0.25, 0.3) is 10.9 Å². The molecule has 2 fully saturated rings. The molecule has 2 aliphatic rings. The van der Waals surface area contributed by atoms with E-state index in [1.807, 2.05) is 4.90 Å². The van der Waals surface area contributed by atoms with E-state index in [1.165, 1.54) is 25.0 Å². The van der Waals surface area contributed by atoms with Gasteiger partial charge >= 0.3 is 5.97 Å². The molecule has 4 rings (SSSR count). The Kier molecular flexibility index (Phi) is 4.40. The van der Waals surface area contributed by atoms with Crippen LogP contribution in [0.4, 0.5) is 4.39 Å². The molecule has 0 saturated heterocycles. The molecule has 2 aliphatic carbocycles. The van der Waals surface area contributed by atoms with Crippen LogP contribution in [0.3, 0.4) is 0 Å². The van der Waals surface area contributed by atoms with Crippen LogP contribution in [0.2, 0.25) is 0 Å². The van der Waals surface area contributed by atoms with E-state index in [0.29, 0.717) is 17.0 Å². The quantitative estimate of drug-likeness (QED) is 0.708. The molecule has 0 unspecified atom stereocenters. The highest BCUT2D eigenvalue weighted by molar-refractivity contribution is 5.98. The number of carbonyl (C=O) groups is 2. The topological polar surface area (TPSA) is 85.4 Å². The number of carbonyl (C=O) groups excluding carboxylic acids is 1. The summed E-state index contributed by atoms with van der Waals surface area (Å²) in [4.78, 5) is 28.5. The number of fused-ring (bicyclic) bond motifs is 1. The third-order valence-electron chi connectivity index (χ3n) is 5.32. The first-order valence-corrected chi connectivity index (χ1v) is 9.03. The van der Waals surface area contributed by atoms with Gasteiger partial charge in [0.05, 0.1) is 6.54 Å². The summed E-state index contributed by atoms with van der Waals surface area (Å²) in [6.45, 7) is 0.903. The maximum atomic E-state index is 13.3. The molecule has 0 bridgehead atoms. The van der Waals surface area contributed by atoms with Crippen LogP contribution in [-0.2, 0) is 4.79 Å². The summed E-state index contributed by atoms with van der Waals surface area (Å²) in [5.74, 6) is -0.713. The molecule has 0 atom stereocenters. The number of H-pyrrole nitrogens is 1. The first-order chi connectivity index (χ1) is 12.5. The summed E-state index contributed by atoms with van der Waals surface area (Å²) in [5, 5.41) is 12.7. The summed E-state index contributed by atoms with van der Waals surface area (Å²) >= 11 is 0. The molecule has 1 aromatic heterocycles. The Morgan fingerprint density at radius 1 is 1.27 bits per heavy atom. The van der Waals surface area contributed by atoms with Crippen molar-refractivity contribution in [3.8, 4) is 0 Å². The number of aliphatic carboxylic acids is 1. The molecule has 2 saturated carbocycles. The number of nitrogens with one attached hydrogen (secondary N) is 2. The molecule has 0 aliphatic heterocycles. The normalized spacial score (nSPS) is 22.4. The van der Waals surface area contributed by atoms with Gasteiger partial charge in [-0.25, -0.2) is 4.39 Å². The van der Waals surface area contributed by atoms with E-state index in [1.54, 1.807) is 12.1 Å². The lowest BCUT2D eigenvalue weighted by atomic mass is 9.85. The second-order valence-electron chi connectivity index (χ2n) is 7.48. The minimum Gasteiger partial charge on any atom is -0.480 e. The van der Waals surface area contributed by atoms with Crippen molar-refractivity contribution < 1.29 is 19.1 Å². The van der Waals surface area contributed by atoms with Gasteiger partial charge in [0.25, 0.3) is 5.91 Å². The average molecular weight is 359 g/mol. The van der Waals surface area contributed by atoms with Gasteiger partial charge in [-0.1, -0.05) is 0 Å². The zero-order valence-electron chi connectivity index (χ0n) is 14.4. The van der Waals surface area contributed by atoms with E-state index in [0.717, 1.165) is 24.9 Å². The van der Waals surface area contributed by atoms with Gasteiger partial charge in [0.15, 0.2) is 0 Å². The Labute approximate surface area is 150 Å². The molecule has 1 heterocycles. The highest BCUT2D eigenvalue weighted by Crippen LogP contribution is 2.33. The van der Waals surface area contributed by atoms with E-state index in [2.05, 4.69) is 10.3 Å². The summed E-state index contributed by atoms with van der Waals surface area (Å²) in [7, 11) is 0. The molecule has 26 heavy (non-hydrogen) atoms. The molecule has 0 radical (unpaired) electrons. The Hall–Kier alpha value is -2.41. The van der Waals surface area contributed by atoms with Crippen molar-refractivity contribution in [1.29, 1.82) is 0 Å². The fraction of sp³-hybridized carbons (Fsp3) is 0.474. The molecule has 1 amide bonds. The Bertz CT molecular complexity index is 840. The largest absolute Gasteiger partial charge is 0.480 e. The molecule has 3 N–H and O–H groups in total. The van der Waals surface area contributed by atoms with E-state index in [-0.39, 0.29) is 30.4 Å². The third-order valence-corrected chi connectivity index (χ3v) is 5.32. The van der Waals surface area contributed by atoms with Crippen LogP contribution < -0.4 is 5.32 Å². The molecule has 7 heteroatoms. The standard InChI is InChI=1S/C19H22FN3O3/c20-13-3-4-16-12(5-13)6-17(22-16)19(26)21-14-7-15(8-14)23(10-18(24)25)9-11-1-2-11/h3-6,11,14-15,22H,1-2,7-10H2,(H,21,26)(H,24,25). The zero-order valence-corrected chi connectivity index (χ0v) is 14.4. The highest BCUT2D eigenvalue weighted by atomic mass is 19.1. The summed E-state index contributed by atoms with van der Waals surface area (Å²) in [5.41, 5.74) is 1.13. The van der Waals surface area contributed by atoms with Crippen molar-refractivity contribution in [1.82, 2.24) is 15.2 Å². The molecular formula is C19H22FN3O3. The van der Waals surface area contributed by atoms with E-state index in [9.17, 15) is 14.0 Å². The fourth-order valence-corrected chi connectivity index (χ4v) is 3.64. The van der Waals surface area contributed by atoms with Gasteiger partial charge in [-0.3, -0.25) is 14.5 Å². The number of nitrogens with zero attached hydrogens (tertiary/aromatic N) is 1. The number of carboxylic acids is 1. The maximum Gasteiger partial charge on any atom is 0.317 e. The lowest BCUT2D eigenvalue weighted by molar-refractivity contribution is -0.139. The van der Waals surface area contributed by atoms with Gasteiger partial charge in [0.2, 0.25) is 0 Å². The number of benzene rings is 1. The van der Waals surface area contributed by atoms with E-state index >= 15 is 0 Å². The molecule has 1 aromatic carbocycles. The van der Waals surface area contributed by atoms with Gasteiger partial charge in [0.1, 0.15) is 11.5 Å². The zero-order chi connectivity index (χ0) is 18.3. The van der Waals surface area contributed by atoms with Crippen LogP contribution in [0.1, 0.15) is 36.2 Å². The van der Waals surface area contributed by atoms with Crippen molar-refractivity contribution in [3.63, 3.8) is 0 Å². The Morgan fingerprint density at radius 3 is 2.73 bits per heavy atom. The maximum absolute atomic E-state index is 13.3. The first-order valence-electron chi connectivity index (χ1n) is 9.03. The minimum absolute atomic E-state index is 0.0474. The van der Waals surface area contributed by atoms with Gasteiger partial charge in [-0.15, -0.1) is 0 Å². The number of aromatic nitrogens is 1. The molecule has 2 aromatic rings. The molecule has 0 spiro atoms. The van der Waals surface area contributed by atoms with Crippen LogP contribution in [0, 0.1) is 11.7 Å². The Balaban J connectivity index is 1.33. The number of hydrogen-bond acceptors (Lipinski definition) is 3. The Morgan fingerprint density at radius 2 is 2.04 bits per heavy atom. The lowest BCUT2D eigenvalue weighted by Crippen LogP contribution is -2.55. The summed E-state index contributed by atoms with van der Waals surface area (Å²) in [6, 6.07) is 6.27. The summed E-state index contributed by atoms with van der Waals surface area (Å²) < 4.78 is 13.3. The number of rotatable bonds is 7. The second kappa shape index (κ2) is 6.72. The number of hydrogen-bond donors (Lipinski definition) is 3. The number of halogens is 1. The van der Waals surface area contributed by atoms with E-state index < -0.39 is 5.97 Å². The van der Waals surface area contributed by atoms with Crippen molar-refractivity contribution >= 4 is 22.8 Å². The molecule has 138 valence electrons. The van der Waals surface area contributed by atoms with Crippen molar-refractivity contribution in [2.24, 2.45) is 5.92 Å². The number of aromatic amines is 1. The second-order valence-corrected chi connectivity index (χ2v) is 7.48. The number of carboxylic acid groups (broad SMARTS) is 1. The minimum atomic E-state index is -0.802. The van der Waals surface area contributed by atoms with Crippen LogP contribution >= 0.6 is 0 Å². The summed E-state index contributed by atoms with van der Waals surface area (Å²) in [6.07, 6.45) is 3.90. The smallest absolute Gasteiger partial charge is 0.317 e. The van der Waals surface area contributed by atoms with Crippen molar-refractivity contribution in [2.45, 2.75) is 37.8 Å². The highest BCUT2D eigenvalue weighted by Gasteiger charge is 2.37. The van der Waals surface area contributed by atoms with Gasteiger partial charge in [0, 0.05) is 29.5 Å². The predicted molar refractivity (Wildman–Crippen MR) is 94.5 cm³/mol. The molecular weight excluding hydrogens is 337 g/mol. The predicted octanol–water partition coefficient (Wildman–Crippen LogP) is 2.36. The number of amides is 1.